The number of halogens is 1. The van der Waals surface area contributed by atoms with Gasteiger partial charge >= 0.3 is 0 Å². The van der Waals surface area contributed by atoms with Gasteiger partial charge in [-0.1, -0.05) is 6.07 Å². The Morgan fingerprint density at radius 2 is 2.17 bits per heavy atom. The number of amides is 1. The number of anilines is 2. The van der Waals surface area contributed by atoms with Crippen LogP contribution in [0.5, 0.6) is 0 Å². The summed E-state index contributed by atoms with van der Waals surface area (Å²) in [5.41, 5.74) is 6.92. The minimum absolute atomic E-state index is 0.124. The van der Waals surface area contributed by atoms with E-state index in [1.807, 2.05) is 0 Å². The molecule has 0 aliphatic carbocycles. The van der Waals surface area contributed by atoms with Crippen molar-refractivity contribution in [3.8, 4) is 0 Å². The number of hydrogen-bond donors (Lipinski definition) is 2. The van der Waals surface area contributed by atoms with E-state index in [0.717, 1.165) is 0 Å². The standard InChI is InChI=1S/C13H12FN3O/c1-8-4-5-9(7-10(8)14)17-13(18)12-11(15)3-2-6-16-12/h2-7H,15H2,1H3,(H,17,18). The van der Waals surface area contributed by atoms with Crippen LogP contribution >= 0.6 is 0 Å². The normalized spacial score (nSPS) is 10.1. The minimum atomic E-state index is -0.462. The second-order valence-corrected chi connectivity index (χ2v) is 3.86. The predicted octanol–water partition coefficient (Wildman–Crippen LogP) is 2.36. The summed E-state index contributed by atoms with van der Waals surface area (Å²) >= 11 is 0. The maximum absolute atomic E-state index is 13.3. The molecule has 0 atom stereocenters. The van der Waals surface area contributed by atoms with Gasteiger partial charge in [0.25, 0.3) is 5.91 Å². The van der Waals surface area contributed by atoms with Crippen molar-refractivity contribution in [1.29, 1.82) is 0 Å². The number of aryl methyl sites for hydroxylation is 1. The van der Waals surface area contributed by atoms with Crippen LogP contribution in [0.4, 0.5) is 15.8 Å². The van der Waals surface area contributed by atoms with E-state index in [1.165, 1.54) is 12.3 Å². The van der Waals surface area contributed by atoms with Crippen LogP contribution in [-0.4, -0.2) is 10.9 Å². The van der Waals surface area contributed by atoms with Crippen molar-refractivity contribution in [3.63, 3.8) is 0 Å². The summed E-state index contributed by atoms with van der Waals surface area (Å²) in [6, 6.07) is 7.68. The summed E-state index contributed by atoms with van der Waals surface area (Å²) in [5.74, 6) is -0.835. The summed E-state index contributed by atoms with van der Waals surface area (Å²) in [7, 11) is 0. The molecule has 1 aromatic heterocycles. The second kappa shape index (κ2) is 4.83. The number of aromatic nitrogens is 1. The van der Waals surface area contributed by atoms with Crippen molar-refractivity contribution in [2.75, 3.05) is 11.1 Å². The molecule has 5 heteroatoms. The number of nitrogens with zero attached hydrogens (tertiary/aromatic N) is 1. The summed E-state index contributed by atoms with van der Waals surface area (Å²) in [5, 5.41) is 2.55. The van der Waals surface area contributed by atoms with Gasteiger partial charge in [0.15, 0.2) is 5.69 Å². The van der Waals surface area contributed by atoms with Crippen LogP contribution in [-0.2, 0) is 0 Å². The molecular weight excluding hydrogens is 233 g/mol. The molecule has 0 unspecified atom stereocenters. The van der Waals surface area contributed by atoms with E-state index in [4.69, 9.17) is 5.73 Å². The number of hydrogen-bond acceptors (Lipinski definition) is 3. The third kappa shape index (κ3) is 2.45. The van der Waals surface area contributed by atoms with Crippen LogP contribution in [0.15, 0.2) is 36.5 Å². The largest absolute Gasteiger partial charge is 0.397 e. The molecule has 2 aromatic rings. The average molecular weight is 245 g/mol. The molecule has 1 heterocycles. The highest BCUT2D eigenvalue weighted by Crippen LogP contribution is 2.15. The molecule has 2 rings (SSSR count). The molecule has 3 N–H and O–H groups in total. The van der Waals surface area contributed by atoms with E-state index in [9.17, 15) is 9.18 Å². The first-order chi connectivity index (χ1) is 8.58. The van der Waals surface area contributed by atoms with E-state index in [2.05, 4.69) is 10.3 Å². The molecule has 1 aromatic carbocycles. The Hall–Kier alpha value is -2.43. The number of benzene rings is 1. The maximum atomic E-state index is 13.3. The lowest BCUT2D eigenvalue weighted by molar-refractivity contribution is 0.102. The fraction of sp³-hybridized carbons (Fsp3) is 0.0769. The van der Waals surface area contributed by atoms with Gasteiger partial charge in [0.2, 0.25) is 0 Å². The Balaban J connectivity index is 2.22. The van der Waals surface area contributed by atoms with Crippen LogP contribution < -0.4 is 11.1 Å². The summed E-state index contributed by atoms with van der Waals surface area (Å²) < 4.78 is 13.3. The topological polar surface area (TPSA) is 68.0 Å². The summed E-state index contributed by atoms with van der Waals surface area (Å²) in [6.07, 6.45) is 1.47. The lowest BCUT2D eigenvalue weighted by Crippen LogP contribution is -2.15. The van der Waals surface area contributed by atoms with Gasteiger partial charge in [0, 0.05) is 11.9 Å². The van der Waals surface area contributed by atoms with Crippen molar-refractivity contribution in [2.45, 2.75) is 6.92 Å². The monoisotopic (exact) mass is 245 g/mol. The SMILES string of the molecule is Cc1ccc(NC(=O)c2ncccc2N)cc1F. The number of pyridine rings is 1. The first-order valence-corrected chi connectivity index (χ1v) is 5.36. The number of nitrogens with two attached hydrogens (primary N) is 1. The fourth-order valence-electron chi connectivity index (χ4n) is 1.47. The molecule has 0 radical (unpaired) electrons. The third-order valence-corrected chi connectivity index (χ3v) is 2.48. The molecular formula is C13H12FN3O. The highest BCUT2D eigenvalue weighted by atomic mass is 19.1. The van der Waals surface area contributed by atoms with Gasteiger partial charge in [-0.15, -0.1) is 0 Å². The highest BCUT2D eigenvalue weighted by molar-refractivity contribution is 6.06. The molecule has 0 aliphatic rings. The molecule has 18 heavy (non-hydrogen) atoms. The zero-order valence-corrected chi connectivity index (χ0v) is 9.77. The van der Waals surface area contributed by atoms with Crippen molar-refractivity contribution in [2.24, 2.45) is 0 Å². The summed E-state index contributed by atoms with van der Waals surface area (Å²) in [4.78, 5) is 15.7. The van der Waals surface area contributed by atoms with Crippen LogP contribution in [0, 0.1) is 12.7 Å². The van der Waals surface area contributed by atoms with Crippen LogP contribution in [0.2, 0.25) is 0 Å². The third-order valence-electron chi connectivity index (χ3n) is 2.48. The highest BCUT2D eigenvalue weighted by Gasteiger charge is 2.11. The zero-order chi connectivity index (χ0) is 13.1. The van der Waals surface area contributed by atoms with E-state index in [-0.39, 0.29) is 17.2 Å². The lowest BCUT2D eigenvalue weighted by Gasteiger charge is -2.07. The van der Waals surface area contributed by atoms with Crippen LogP contribution in [0.3, 0.4) is 0 Å². The van der Waals surface area contributed by atoms with E-state index < -0.39 is 5.91 Å². The molecule has 1 amide bonds. The number of nitrogen functional groups attached to an aromatic ring is 1. The van der Waals surface area contributed by atoms with Crippen molar-refractivity contribution in [1.82, 2.24) is 4.98 Å². The second-order valence-electron chi connectivity index (χ2n) is 3.86. The maximum Gasteiger partial charge on any atom is 0.276 e. The Morgan fingerprint density at radius 3 is 2.83 bits per heavy atom. The van der Waals surface area contributed by atoms with Crippen molar-refractivity contribution >= 4 is 17.3 Å². The smallest absolute Gasteiger partial charge is 0.276 e. The van der Waals surface area contributed by atoms with Gasteiger partial charge in [-0.05, 0) is 36.8 Å². The van der Waals surface area contributed by atoms with Crippen LogP contribution in [0.25, 0.3) is 0 Å². The van der Waals surface area contributed by atoms with Gasteiger partial charge in [-0.25, -0.2) is 9.37 Å². The molecule has 0 bridgehead atoms. The average Bonchev–Trinajstić information content (AvgIpc) is 2.34. The van der Waals surface area contributed by atoms with E-state index >= 15 is 0 Å². The van der Waals surface area contributed by atoms with Gasteiger partial charge in [0.05, 0.1) is 5.69 Å². The Kier molecular flexibility index (Phi) is 3.23. The Morgan fingerprint density at radius 1 is 1.39 bits per heavy atom. The predicted molar refractivity (Wildman–Crippen MR) is 67.7 cm³/mol. The Bertz CT molecular complexity index is 599. The van der Waals surface area contributed by atoms with Crippen molar-refractivity contribution < 1.29 is 9.18 Å². The number of nitrogens with one attached hydrogen (secondary N) is 1. The number of rotatable bonds is 2. The van der Waals surface area contributed by atoms with Gasteiger partial charge in [0.1, 0.15) is 5.82 Å². The Labute approximate surface area is 104 Å². The van der Waals surface area contributed by atoms with E-state index in [1.54, 1.807) is 31.2 Å². The van der Waals surface area contributed by atoms with Crippen molar-refractivity contribution in [3.05, 3.63) is 53.6 Å². The van der Waals surface area contributed by atoms with Crippen LogP contribution in [0.1, 0.15) is 16.1 Å². The molecule has 0 aliphatic heterocycles. The quantitative estimate of drug-likeness (QED) is 0.853. The molecule has 0 saturated carbocycles. The number of carbonyl (C=O) groups is 1. The molecule has 92 valence electrons. The first-order valence-electron chi connectivity index (χ1n) is 5.36. The van der Waals surface area contributed by atoms with Gasteiger partial charge in [-0.3, -0.25) is 4.79 Å². The van der Waals surface area contributed by atoms with Gasteiger partial charge < -0.3 is 11.1 Å². The molecule has 0 fully saturated rings. The zero-order valence-electron chi connectivity index (χ0n) is 9.77. The fourth-order valence-corrected chi connectivity index (χ4v) is 1.47. The molecule has 0 saturated heterocycles. The number of carbonyl (C=O) groups excluding carboxylic acids is 1. The first kappa shape index (κ1) is 12.0. The molecule has 0 spiro atoms. The minimum Gasteiger partial charge on any atom is -0.397 e. The lowest BCUT2D eigenvalue weighted by atomic mass is 10.2. The van der Waals surface area contributed by atoms with Gasteiger partial charge in [-0.2, -0.15) is 0 Å². The summed E-state index contributed by atoms with van der Waals surface area (Å²) in [6.45, 7) is 1.65. The molecule has 4 nitrogen and oxygen atoms in total. The van der Waals surface area contributed by atoms with E-state index in [0.29, 0.717) is 11.3 Å².